The van der Waals surface area contributed by atoms with Crippen LogP contribution in [0.3, 0.4) is 0 Å². The number of rotatable bonds is 2. The Bertz CT molecular complexity index is 201. The smallest absolute Gasteiger partial charge is 0.320 e. The van der Waals surface area contributed by atoms with Gasteiger partial charge in [-0.2, -0.15) is 0 Å². The van der Waals surface area contributed by atoms with Crippen molar-refractivity contribution in [3.63, 3.8) is 0 Å². The number of hydrogen-bond donors (Lipinski definition) is 2. The highest BCUT2D eigenvalue weighted by Gasteiger charge is 2.29. The summed E-state index contributed by atoms with van der Waals surface area (Å²) >= 11 is 0.917. The van der Waals surface area contributed by atoms with Crippen LogP contribution >= 0.6 is 11.8 Å². The first-order chi connectivity index (χ1) is 5.11. The largest absolute Gasteiger partial charge is 0.480 e. The van der Waals surface area contributed by atoms with E-state index < -0.39 is 22.4 Å². The van der Waals surface area contributed by atoms with Gasteiger partial charge in [0.15, 0.2) is 0 Å². The number of thioether (sulfide) groups is 1. The van der Waals surface area contributed by atoms with Gasteiger partial charge < -0.3 is 10.2 Å². The molecule has 0 aromatic rings. The first kappa shape index (κ1) is 8.13. The van der Waals surface area contributed by atoms with E-state index in [0.29, 0.717) is 0 Å². The molecule has 0 aliphatic carbocycles. The molecule has 0 saturated carbocycles. The summed E-state index contributed by atoms with van der Waals surface area (Å²) < 4.78 is 0. The maximum atomic E-state index is 10.3. The van der Waals surface area contributed by atoms with Crippen LogP contribution in [0.4, 0.5) is 0 Å². The molecule has 0 fully saturated rings. The van der Waals surface area contributed by atoms with Crippen molar-refractivity contribution < 1.29 is 19.8 Å². The lowest BCUT2D eigenvalue weighted by Gasteiger charge is -2.02. The highest BCUT2D eigenvalue weighted by atomic mass is 32.2. The lowest BCUT2D eigenvalue weighted by molar-refractivity contribution is -0.136. The molecule has 0 bridgehead atoms. The highest BCUT2D eigenvalue weighted by molar-refractivity contribution is 8.02. The SMILES string of the molecule is O=C(O)C1C=CC(C(=O)O)S1. The van der Waals surface area contributed by atoms with E-state index in [1.165, 1.54) is 12.2 Å². The number of carbonyl (C=O) groups is 2. The van der Waals surface area contributed by atoms with E-state index in [-0.39, 0.29) is 0 Å². The predicted molar refractivity (Wildman–Crippen MR) is 39.6 cm³/mol. The van der Waals surface area contributed by atoms with Gasteiger partial charge in [-0.1, -0.05) is 12.2 Å². The maximum Gasteiger partial charge on any atom is 0.320 e. The molecule has 2 N–H and O–H groups in total. The third-order valence-electron chi connectivity index (χ3n) is 1.24. The number of carboxylic acids is 2. The second-order valence-electron chi connectivity index (χ2n) is 2.04. The van der Waals surface area contributed by atoms with Gasteiger partial charge in [-0.15, -0.1) is 11.8 Å². The lowest BCUT2D eigenvalue weighted by Crippen LogP contribution is -2.16. The average molecular weight is 174 g/mol. The van der Waals surface area contributed by atoms with Crippen molar-refractivity contribution in [1.82, 2.24) is 0 Å². The quantitative estimate of drug-likeness (QED) is 0.585. The summed E-state index contributed by atoms with van der Waals surface area (Å²) in [5, 5.41) is 15.5. The summed E-state index contributed by atoms with van der Waals surface area (Å²) in [4.78, 5) is 20.6. The van der Waals surface area contributed by atoms with E-state index in [1.807, 2.05) is 0 Å². The highest BCUT2D eigenvalue weighted by Crippen LogP contribution is 2.27. The molecule has 1 rings (SSSR count). The Hall–Kier alpha value is -0.970. The molecule has 0 saturated heterocycles. The second kappa shape index (κ2) is 2.96. The predicted octanol–water partition coefficient (Wildman–Crippen LogP) is 0.196. The molecule has 1 heterocycles. The van der Waals surface area contributed by atoms with Crippen molar-refractivity contribution in [2.24, 2.45) is 0 Å². The van der Waals surface area contributed by atoms with Crippen LogP contribution in [-0.4, -0.2) is 32.7 Å². The number of carboxylic acid groups (broad SMARTS) is 2. The molecular formula is C6H6O4S. The topological polar surface area (TPSA) is 74.6 Å². The standard InChI is InChI=1S/C6H6O4S/c7-5(8)3-1-2-4(11-3)6(9)10/h1-4H,(H,7,8)(H,9,10). The lowest BCUT2D eigenvalue weighted by atomic mass is 10.3. The normalized spacial score (nSPS) is 28.7. The van der Waals surface area contributed by atoms with Gasteiger partial charge in [-0.3, -0.25) is 9.59 Å². The Kier molecular flexibility index (Phi) is 2.19. The van der Waals surface area contributed by atoms with E-state index in [4.69, 9.17) is 10.2 Å². The van der Waals surface area contributed by atoms with Crippen LogP contribution in [-0.2, 0) is 9.59 Å². The second-order valence-corrected chi connectivity index (χ2v) is 3.33. The fourth-order valence-corrected chi connectivity index (χ4v) is 1.64. The van der Waals surface area contributed by atoms with Gasteiger partial charge in [0.25, 0.3) is 0 Å². The Morgan fingerprint density at radius 2 is 1.45 bits per heavy atom. The van der Waals surface area contributed by atoms with Gasteiger partial charge in [0.05, 0.1) is 0 Å². The molecule has 1 aliphatic heterocycles. The number of aliphatic carboxylic acids is 2. The molecule has 0 aromatic heterocycles. The molecule has 5 heteroatoms. The third kappa shape index (κ3) is 1.74. The summed E-state index contributed by atoms with van der Waals surface area (Å²) in [6.07, 6.45) is 2.79. The number of hydrogen-bond acceptors (Lipinski definition) is 3. The van der Waals surface area contributed by atoms with Gasteiger partial charge in [-0.25, -0.2) is 0 Å². The van der Waals surface area contributed by atoms with E-state index in [9.17, 15) is 9.59 Å². The molecular weight excluding hydrogens is 168 g/mol. The Labute approximate surface area is 66.9 Å². The molecule has 0 spiro atoms. The molecule has 0 amide bonds. The van der Waals surface area contributed by atoms with Gasteiger partial charge in [0.2, 0.25) is 0 Å². The molecule has 1 aliphatic rings. The minimum Gasteiger partial charge on any atom is -0.480 e. The first-order valence-electron chi connectivity index (χ1n) is 2.90. The summed E-state index contributed by atoms with van der Waals surface area (Å²) in [6, 6.07) is 0. The molecule has 0 radical (unpaired) electrons. The van der Waals surface area contributed by atoms with Gasteiger partial charge >= 0.3 is 11.9 Å². The van der Waals surface area contributed by atoms with Gasteiger partial charge in [0.1, 0.15) is 10.5 Å². The molecule has 4 nitrogen and oxygen atoms in total. The van der Waals surface area contributed by atoms with Crippen LogP contribution < -0.4 is 0 Å². The fraction of sp³-hybridized carbons (Fsp3) is 0.333. The maximum absolute atomic E-state index is 10.3. The van der Waals surface area contributed by atoms with Crippen molar-refractivity contribution in [3.05, 3.63) is 12.2 Å². The van der Waals surface area contributed by atoms with Crippen LogP contribution in [0.15, 0.2) is 12.2 Å². The zero-order chi connectivity index (χ0) is 8.43. The van der Waals surface area contributed by atoms with Crippen LogP contribution in [0.5, 0.6) is 0 Å². The molecule has 60 valence electrons. The van der Waals surface area contributed by atoms with Crippen molar-refractivity contribution in [2.75, 3.05) is 0 Å². The van der Waals surface area contributed by atoms with Crippen LogP contribution in [0.25, 0.3) is 0 Å². The van der Waals surface area contributed by atoms with Crippen molar-refractivity contribution in [1.29, 1.82) is 0 Å². The van der Waals surface area contributed by atoms with Crippen LogP contribution in [0.1, 0.15) is 0 Å². The molecule has 2 unspecified atom stereocenters. The minimum absolute atomic E-state index is 0.698. The van der Waals surface area contributed by atoms with Gasteiger partial charge in [0, 0.05) is 0 Å². The summed E-state index contributed by atoms with van der Waals surface area (Å²) in [5.41, 5.74) is 0. The molecule has 11 heavy (non-hydrogen) atoms. The van der Waals surface area contributed by atoms with Crippen LogP contribution in [0.2, 0.25) is 0 Å². The molecule has 2 atom stereocenters. The summed E-state index contributed by atoms with van der Waals surface area (Å²) in [5.74, 6) is -1.98. The zero-order valence-electron chi connectivity index (χ0n) is 5.43. The van der Waals surface area contributed by atoms with Crippen molar-refractivity contribution in [2.45, 2.75) is 10.5 Å². The third-order valence-corrected chi connectivity index (χ3v) is 2.54. The minimum atomic E-state index is -0.991. The Morgan fingerprint density at radius 3 is 1.64 bits per heavy atom. The summed E-state index contributed by atoms with van der Waals surface area (Å²) in [6.45, 7) is 0. The van der Waals surface area contributed by atoms with E-state index >= 15 is 0 Å². The van der Waals surface area contributed by atoms with Crippen LogP contribution in [0, 0.1) is 0 Å². The fourth-order valence-electron chi connectivity index (χ4n) is 0.732. The molecule has 0 aromatic carbocycles. The van der Waals surface area contributed by atoms with Crippen molar-refractivity contribution in [3.8, 4) is 0 Å². The van der Waals surface area contributed by atoms with Gasteiger partial charge in [-0.05, 0) is 0 Å². The monoisotopic (exact) mass is 174 g/mol. The van der Waals surface area contributed by atoms with E-state index in [0.717, 1.165) is 11.8 Å². The summed E-state index contributed by atoms with van der Waals surface area (Å²) in [7, 11) is 0. The van der Waals surface area contributed by atoms with Crippen molar-refractivity contribution >= 4 is 23.7 Å². The Balaban J connectivity index is 2.56. The zero-order valence-corrected chi connectivity index (χ0v) is 6.25. The average Bonchev–Trinajstić information content (AvgIpc) is 2.33. The van der Waals surface area contributed by atoms with E-state index in [1.54, 1.807) is 0 Å². The van der Waals surface area contributed by atoms with E-state index in [2.05, 4.69) is 0 Å². The first-order valence-corrected chi connectivity index (χ1v) is 3.85. The Morgan fingerprint density at radius 1 is 1.09 bits per heavy atom.